The largest absolute Gasteiger partial charge is 0.480 e. The number of hydrogen-bond donors (Lipinski definition) is 4. The van der Waals surface area contributed by atoms with Crippen molar-refractivity contribution in [2.75, 3.05) is 0 Å². The van der Waals surface area contributed by atoms with Gasteiger partial charge in [0.1, 0.15) is 11.7 Å². The molecule has 0 aliphatic heterocycles. The molecule has 1 atom stereocenters. The molecule has 1 aliphatic carbocycles. The molecular weight excluding hydrogens is 502 g/mol. The van der Waals surface area contributed by atoms with Crippen molar-refractivity contribution >= 4 is 39.8 Å². The molecule has 4 heterocycles. The van der Waals surface area contributed by atoms with Gasteiger partial charge in [-0.15, -0.1) is 11.3 Å². The van der Waals surface area contributed by atoms with Crippen molar-refractivity contribution in [3.05, 3.63) is 81.2 Å². The number of aliphatic carboxylic acids is 1. The fourth-order valence-electron chi connectivity index (χ4n) is 5.43. The summed E-state index contributed by atoms with van der Waals surface area (Å²) >= 11 is 1.55. The van der Waals surface area contributed by atoms with Crippen molar-refractivity contribution in [1.82, 2.24) is 24.9 Å². The minimum atomic E-state index is -1.17. The maximum atomic E-state index is 13.7. The van der Waals surface area contributed by atoms with Crippen molar-refractivity contribution in [1.29, 1.82) is 0 Å². The first kappa shape index (κ1) is 24.2. The van der Waals surface area contributed by atoms with Crippen LogP contribution in [0.25, 0.3) is 27.1 Å². The molecule has 0 radical (unpaired) electrons. The van der Waals surface area contributed by atoms with Crippen LogP contribution in [0, 0.1) is 0 Å². The number of amides is 1. The van der Waals surface area contributed by atoms with Gasteiger partial charge in [-0.05, 0) is 47.7 Å². The summed E-state index contributed by atoms with van der Waals surface area (Å²) in [6.07, 6.45) is 5.28. The lowest BCUT2D eigenvalue weighted by molar-refractivity contribution is -0.139. The van der Waals surface area contributed by atoms with E-state index in [0.717, 1.165) is 47.2 Å². The smallest absolute Gasteiger partial charge is 0.326 e. The molecule has 1 amide bonds. The highest BCUT2D eigenvalue weighted by molar-refractivity contribution is 7.13. The van der Waals surface area contributed by atoms with Crippen LogP contribution in [0.15, 0.2) is 58.7 Å². The predicted molar refractivity (Wildman–Crippen MR) is 146 cm³/mol. The second kappa shape index (κ2) is 9.94. The van der Waals surface area contributed by atoms with Crippen LogP contribution in [-0.4, -0.2) is 42.6 Å². The number of thiophene rings is 1. The number of aromatic nitrogens is 4. The van der Waals surface area contributed by atoms with E-state index in [-0.39, 0.29) is 23.6 Å². The van der Waals surface area contributed by atoms with Crippen molar-refractivity contribution in [3.63, 3.8) is 0 Å². The number of aromatic amines is 2. The van der Waals surface area contributed by atoms with E-state index in [2.05, 4.69) is 20.4 Å². The van der Waals surface area contributed by atoms with Crippen LogP contribution in [0.1, 0.15) is 59.8 Å². The number of nitrogens with zero attached hydrogens (tertiary/aromatic N) is 2. The molecular formula is C28H27N5O4S. The molecule has 38 heavy (non-hydrogen) atoms. The van der Waals surface area contributed by atoms with E-state index in [4.69, 9.17) is 0 Å². The van der Waals surface area contributed by atoms with Crippen molar-refractivity contribution in [3.8, 4) is 10.6 Å². The van der Waals surface area contributed by atoms with Crippen LogP contribution < -0.4 is 10.9 Å². The molecule has 1 fully saturated rings. The molecule has 6 rings (SSSR count). The molecule has 1 aliphatic rings. The van der Waals surface area contributed by atoms with E-state index >= 15 is 0 Å². The first-order chi connectivity index (χ1) is 18.5. The summed E-state index contributed by atoms with van der Waals surface area (Å²) in [7, 11) is 0. The molecule has 4 aromatic heterocycles. The number of hydrogen-bond acceptors (Lipinski definition) is 5. The molecule has 5 aromatic rings. The van der Waals surface area contributed by atoms with Gasteiger partial charge in [-0.3, -0.25) is 9.59 Å². The third-order valence-electron chi connectivity index (χ3n) is 7.28. The zero-order chi connectivity index (χ0) is 26.2. The molecule has 0 unspecified atom stereocenters. The van der Waals surface area contributed by atoms with Crippen molar-refractivity contribution < 1.29 is 14.7 Å². The topological polar surface area (TPSA) is 132 Å². The average molecular weight is 530 g/mol. The summed E-state index contributed by atoms with van der Waals surface area (Å²) in [5.74, 6) is -1.68. The number of benzene rings is 1. The Balaban J connectivity index is 1.32. The molecule has 1 saturated carbocycles. The number of nitrogens with one attached hydrogen (secondary N) is 3. The van der Waals surface area contributed by atoms with Gasteiger partial charge in [0.2, 0.25) is 0 Å². The number of rotatable bonds is 7. The normalized spacial score (nSPS) is 15.2. The highest BCUT2D eigenvalue weighted by Crippen LogP contribution is 2.37. The second-order valence-corrected chi connectivity index (χ2v) is 10.8. The lowest BCUT2D eigenvalue weighted by Gasteiger charge is -2.23. The van der Waals surface area contributed by atoms with Crippen LogP contribution in [-0.2, 0) is 11.2 Å². The lowest BCUT2D eigenvalue weighted by Crippen LogP contribution is -2.42. The molecule has 9 nitrogen and oxygen atoms in total. The Morgan fingerprint density at radius 1 is 1.11 bits per heavy atom. The Morgan fingerprint density at radius 3 is 2.66 bits per heavy atom. The minimum absolute atomic E-state index is 0.0147. The standard InChI is InChI=1S/C28H27N5O4S/c34-26(30-21(28(36)37)14-18-13-17-9-4-5-10-19(17)29-18)20-15-23-31-25(22-11-6-12-38-22)24(27(35)33(23)32-20)16-7-2-1-3-8-16/h4-6,9-13,15-16,21,29,31H,1-3,7-8,14H2,(H,30,34)(H,36,37)/t21-/m0/s1. The predicted octanol–water partition coefficient (Wildman–Crippen LogP) is 4.71. The average Bonchev–Trinajstić information content (AvgIpc) is 3.68. The van der Waals surface area contributed by atoms with E-state index in [1.165, 1.54) is 17.0 Å². The monoisotopic (exact) mass is 529 g/mol. The van der Waals surface area contributed by atoms with E-state index in [1.807, 2.05) is 47.8 Å². The maximum absolute atomic E-state index is 13.7. The van der Waals surface area contributed by atoms with Gasteiger partial charge in [-0.25, -0.2) is 4.79 Å². The number of carbonyl (C=O) groups excluding carboxylic acids is 1. The number of carboxylic acids is 1. The number of H-pyrrole nitrogens is 2. The Kier molecular flexibility index (Phi) is 6.32. The number of carboxylic acid groups (broad SMARTS) is 1. The zero-order valence-electron chi connectivity index (χ0n) is 20.6. The van der Waals surface area contributed by atoms with E-state index in [9.17, 15) is 19.5 Å². The molecule has 0 bridgehead atoms. The van der Waals surface area contributed by atoms with Crippen molar-refractivity contribution in [2.45, 2.75) is 50.5 Å². The first-order valence-electron chi connectivity index (χ1n) is 12.8. The van der Waals surface area contributed by atoms with Gasteiger partial charge in [-0.1, -0.05) is 43.5 Å². The fraction of sp³-hybridized carbons (Fsp3) is 0.286. The van der Waals surface area contributed by atoms with Gasteiger partial charge in [0.25, 0.3) is 11.5 Å². The van der Waals surface area contributed by atoms with Gasteiger partial charge in [0.05, 0.1) is 10.6 Å². The highest BCUT2D eigenvalue weighted by Gasteiger charge is 2.27. The summed E-state index contributed by atoms with van der Waals surface area (Å²) in [6, 6.07) is 13.8. The molecule has 194 valence electrons. The van der Waals surface area contributed by atoms with E-state index in [1.54, 1.807) is 11.3 Å². The fourth-order valence-corrected chi connectivity index (χ4v) is 6.17. The summed E-state index contributed by atoms with van der Waals surface area (Å²) in [5, 5.41) is 19.6. The van der Waals surface area contributed by atoms with Crippen LogP contribution in [0.3, 0.4) is 0 Å². The second-order valence-electron chi connectivity index (χ2n) is 9.81. The van der Waals surface area contributed by atoms with Crippen molar-refractivity contribution in [2.24, 2.45) is 0 Å². The van der Waals surface area contributed by atoms with Crippen LogP contribution in [0.2, 0.25) is 0 Å². The number of fused-ring (bicyclic) bond motifs is 2. The van der Waals surface area contributed by atoms with Gasteiger partial charge in [-0.2, -0.15) is 9.61 Å². The van der Waals surface area contributed by atoms with E-state index in [0.29, 0.717) is 16.9 Å². The Labute approximate surface area is 221 Å². The zero-order valence-corrected chi connectivity index (χ0v) is 21.4. The molecule has 1 aromatic carbocycles. The maximum Gasteiger partial charge on any atom is 0.326 e. The van der Waals surface area contributed by atoms with Gasteiger partial charge in [0.15, 0.2) is 5.69 Å². The molecule has 0 spiro atoms. The van der Waals surface area contributed by atoms with Crippen LogP contribution in [0.5, 0.6) is 0 Å². The van der Waals surface area contributed by atoms with Crippen LogP contribution >= 0.6 is 11.3 Å². The SMILES string of the molecule is O=C(N[C@@H](Cc1cc2ccccc2[nH]1)C(=O)O)c1cc2[nH]c(-c3cccs3)c(C3CCCCC3)c(=O)n2n1. The quantitative estimate of drug-likeness (QED) is 0.243. The molecule has 4 N–H and O–H groups in total. The third-order valence-corrected chi connectivity index (χ3v) is 8.17. The Hall–Kier alpha value is -4.18. The summed E-state index contributed by atoms with van der Waals surface area (Å²) in [5.41, 5.74) is 3.22. The highest BCUT2D eigenvalue weighted by atomic mass is 32.1. The van der Waals surface area contributed by atoms with Gasteiger partial charge < -0.3 is 20.4 Å². The van der Waals surface area contributed by atoms with Gasteiger partial charge >= 0.3 is 5.97 Å². The van der Waals surface area contributed by atoms with Crippen LogP contribution in [0.4, 0.5) is 0 Å². The molecule has 0 saturated heterocycles. The summed E-state index contributed by atoms with van der Waals surface area (Å²) < 4.78 is 1.24. The lowest BCUT2D eigenvalue weighted by atomic mass is 9.83. The summed E-state index contributed by atoms with van der Waals surface area (Å²) in [4.78, 5) is 46.3. The minimum Gasteiger partial charge on any atom is -0.480 e. The summed E-state index contributed by atoms with van der Waals surface area (Å²) in [6.45, 7) is 0. The third kappa shape index (κ3) is 4.51. The molecule has 10 heteroatoms. The Morgan fingerprint density at radius 2 is 1.92 bits per heavy atom. The number of carbonyl (C=O) groups is 2. The van der Waals surface area contributed by atoms with Gasteiger partial charge in [0, 0.05) is 29.3 Å². The van der Waals surface area contributed by atoms with E-state index < -0.39 is 17.9 Å². The Bertz CT molecular complexity index is 1660. The number of para-hydroxylation sites is 1. The first-order valence-corrected chi connectivity index (χ1v) is 13.7.